The number of urea groups is 3. The average Bonchev–Trinajstić information content (AvgIpc) is 0.828. The van der Waals surface area contributed by atoms with Gasteiger partial charge in [0.25, 0.3) is 17.7 Å². The monoisotopic (exact) mass is 1510 g/mol. The maximum absolute atomic E-state index is 13.8. The molecule has 0 aliphatic carbocycles. The third-order valence-corrected chi connectivity index (χ3v) is 19.7. The number of carbonyl (C=O) groups excluding carboxylic acids is 7. The third kappa shape index (κ3) is 14.0. The van der Waals surface area contributed by atoms with Crippen molar-refractivity contribution in [3.05, 3.63) is 242 Å². The van der Waals surface area contributed by atoms with Crippen molar-refractivity contribution in [1.82, 2.24) is 44.2 Å². The Morgan fingerprint density at radius 3 is 1.16 bits per heavy atom. The maximum atomic E-state index is 13.8. The van der Waals surface area contributed by atoms with E-state index < -0.39 is 83.3 Å². The molecule has 6 aliphatic rings. The Hall–Kier alpha value is -13.5. The Balaban J connectivity index is 0.000000154. The van der Waals surface area contributed by atoms with Crippen LogP contribution in [-0.2, 0) is 40.0 Å². The van der Waals surface area contributed by atoms with E-state index in [-0.39, 0.29) is 88.2 Å². The zero-order valence-corrected chi connectivity index (χ0v) is 59.4. The lowest BCUT2D eigenvalue weighted by molar-refractivity contribution is -0.138. The number of hydrogen-bond acceptors (Lipinski definition) is 13. The van der Waals surface area contributed by atoms with Crippen LogP contribution in [0.1, 0.15) is 97.8 Å². The summed E-state index contributed by atoms with van der Waals surface area (Å²) < 4.78 is 128. The molecule has 14 rings (SSSR count). The summed E-state index contributed by atoms with van der Waals surface area (Å²) in [6.07, 6.45) is -6.99. The van der Waals surface area contributed by atoms with Crippen molar-refractivity contribution in [2.75, 3.05) is 76.6 Å². The molecule has 0 bridgehead atoms. The van der Waals surface area contributed by atoms with E-state index in [0.717, 1.165) is 41.3 Å². The van der Waals surface area contributed by atoms with Crippen LogP contribution in [-0.4, -0.2) is 148 Å². The summed E-state index contributed by atoms with van der Waals surface area (Å²) in [5.41, 5.74) is 8.53. The van der Waals surface area contributed by atoms with Gasteiger partial charge in [-0.1, -0.05) is 36.4 Å². The number of aryl methyl sites for hydroxylation is 1. The number of hydrogen-bond donors (Lipinski definition) is 1. The molecule has 24 nitrogen and oxygen atoms in total. The molecule has 2 aromatic heterocycles. The summed E-state index contributed by atoms with van der Waals surface area (Å²) in [4.78, 5) is 110. The quantitative estimate of drug-likeness (QED) is 0.132. The predicted octanol–water partition coefficient (Wildman–Crippen LogP) is 13.1. The van der Waals surface area contributed by atoms with E-state index in [1.807, 2.05) is 6.07 Å². The highest BCUT2D eigenvalue weighted by Gasteiger charge is 2.50. The van der Waals surface area contributed by atoms with Gasteiger partial charge in [0.05, 0.1) is 116 Å². The minimum Gasteiger partial charge on any atom is -0.444 e. The van der Waals surface area contributed by atoms with Crippen LogP contribution < -0.4 is 20.4 Å². The highest BCUT2D eigenvalue weighted by Crippen LogP contribution is 2.50. The van der Waals surface area contributed by atoms with Crippen LogP contribution in [0.2, 0.25) is 0 Å². The molecule has 0 saturated heterocycles. The van der Waals surface area contributed by atoms with Crippen LogP contribution in [0.15, 0.2) is 191 Å². The van der Waals surface area contributed by atoms with E-state index in [9.17, 15) is 88.9 Å². The molecule has 0 radical (unpaired) electrons. The standard InChI is InChI=1S/C27H23F3N6O2.C26H20F3N5O3.C24H20F3N5O3/c1-33-10-9-22-23(25(33)37)24(20-8-7-16(13-31)11-21(20)17-14-32-34(2)15-17)35(3)26(38)36(22)19-6-4-5-18(12-19)27(28,29)30;1-32-9-8-20-22(24(32)35)23(18-7-6-15(12-30)10-19(18)21-13-31-14-37-21)33(2)25(36)34(20)17-5-3-4-16(11-17)26(27,28)29;1-30-9-8-18-19(22(30)34)20(16-7-6-13(12-28)10-17(16)21(29)33)31(2)23(35)32(18)15-5-3-4-14(11-15)24(25,26)27/h4-8,11-12,14-15,24H,9-10H2,1-3H3;3-7,10-11,13-14,23H,8-9H2,1-2H3;3-7,10-11,20H,8-9H2,1-2H3,(H2,29,33). The molecular formula is C77H63F9N16O8. The number of amides is 10. The Morgan fingerprint density at radius 1 is 0.473 bits per heavy atom. The lowest BCUT2D eigenvalue weighted by Gasteiger charge is -2.45. The smallest absolute Gasteiger partial charge is 0.416 e. The van der Waals surface area contributed by atoms with E-state index >= 15 is 0 Å². The van der Waals surface area contributed by atoms with Gasteiger partial charge in [-0.15, -0.1) is 0 Å². The van der Waals surface area contributed by atoms with Gasteiger partial charge < -0.3 is 39.6 Å². The molecule has 0 fully saturated rings. The Kier molecular flexibility index (Phi) is 20.3. The Labute approximate surface area is 621 Å². The van der Waals surface area contributed by atoms with Crippen LogP contribution in [0, 0.1) is 34.0 Å². The first-order valence-electron chi connectivity index (χ1n) is 33.6. The second kappa shape index (κ2) is 29.3. The minimum atomic E-state index is -4.62. The molecule has 3 atom stereocenters. The van der Waals surface area contributed by atoms with Crippen LogP contribution in [0.5, 0.6) is 0 Å². The second-order valence-corrected chi connectivity index (χ2v) is 26.4. The zero-order chi connectivity index (χ0) is 79.5. The van der Waals surface area contributed by atoms with E-state index in [1.165, 1.54) is 128 Å². The number of rotatable bonds is 9. The molecule has 110 heavy (non-hydrogen) atoms. The van der Waals surface area contributed by atoms with Crippen molar-refractivity contribution < 1.29 is 77.5 Å². The number of nitrogens with two attached hydrogens (primary N) is 1. The lowest BCUT2D eigenvalue weighted by Crippen LogP contribution is -2.53. The number of primary amides is 1. The number of oxazole rings is 1. The summed E-state index contributed by atoms with van der Waals surface area (Å²) >= 11 is 0. The molecule has 562 valence electrons. The van der Waals surface area contributed by atoms with Crippen molar-refractivity contribution in [2.24, 2.45) is 12.8 Å². The van der Waals surface area contributed by atoms with E-state index in [0.29, 0.717) is 74.8 Å². The highest BCUT2D eigenvalue weighted by atomic mass is 19.4. The lowest BCUT2D eigenvalue weighted by atomic mass is 9.85. The van der Waals surface area contributed by atoms with Gasteiger partial charge in [-0.25, -0.2) is 19.4 Å². The zero-order valence-electron chi connectivity index (χ0n) is 59.4. The first-order valence-corrected chi connectivity index (χ1v) is 33.6. The fourth-order valence-corrected chi connectivity index (χ4v) is 14.3. The molecule has 0 spiro atoms. The summed E-state index contributed by atoms with van der Waals surface area (Å²) in [6.45, 7) is 0.839. The van der Waals surface area contributed by atoms with Gasteiger partial charge in [0.2, 0.25) is 5.91 Å². The first kappa shape index (κ1) is 76.1. The van der Waals surface area contributed by atoms with Crippen molar-refractivity contribution in [3.63, 3.8) is 0 Å². The number of benzene rings is 6. The van der Waals surface area contributed by atoms with E-state index in [1.54, 1.807) is 81.7 Å². The molecule has 6 aliphatic heterocycles. The number of anilines is 3. The molecule has 2 N–H and O–H groups in total. The topological polar surface area (TPSA) is 290 Å². The number of aromatic nitrogens is 3. The summed E-state index contributed by atoms with van der Waals surface area (Å²) in [5.74, 6) is -1.62. The third-order valence-electron chi connectivity index (χ3n) is 19.7. The maximum Gasteiger partial charge on any atom is 0.416 e. The summed E-state index contributed by atoms with van der Waals surface area (Å²) in [6, 6.07) is 28.8. The fourth-order valence-electron chi connectivity index (χ4n) is 14.3. The number of likely N-dealkylation sites (N-methyl/N-ethyl adjacent to an activating group) is 6. The number of halogens is 9. The molecule has 8 heterocycles. The number of nitriles is 3. The minimum absolute atomic E-state index is 0.0188. The number of alkyl halides is 9. The van der Waals surface area contributed by atoms with Gasteiger partial charge in [0, 0.05) is 128 Å². The number of carbonyl (C=O) groups is 7. The van der Waals surface area contributed by atoms with Crippen LogP contribution in [0.3, 0.4) is 0 Å². The van der Waals surface area contributed by atoms with Gasteiger partial charge in [0.15, 0.2) is 12.2 Å². The average molecular weight is 1510 g/mol. The van der Waals surface area contributed by atoms with Gasteiger partial charge in [-0.3, -0.25) is 38.6 Å². The van der Waals surface area contributed by atoms with Gasteiger partial charge in [0.1, 0.15) is 0 Å². The molecule has 33 heteroatoms. The van der Waals surface area contributed by atoms with Crippen molar-refractivity contribution >= 4 is 58.8 Å². The van der Waals surface area contributed by atoms with Gasteiger partial charge >= 0.3 is 36.6 Å². The van der Waals surface area contributed by atoms with E-state index in [4.69, 9.17) is 10.2 Å². The van der Waals surface area contributed by atoms with E-state index in [2.05, 4.69) is 22.2 Å². The Bertz CT molecular complexity index is 5370. The predicted molar refractivity (Wildman–Crippen MR) is 377 cm³/mol. The van der Waals surface area contributed by atoms with Crippen molar-refractivity contribution in [3.8, 4) is 40.7 Å². The van der Waals surface area contributed by atoms with Crippen LogP contribution >= 0.6 is 0 Å². The highest BCUT2D eigenvalue weighted by molar-refractivity contribution is 6.09. The van der Waals surface area contributed by atoms with Crippen LogP contribution in [0.4, 0.5) is 71.0 Å². The molecule has 3 unspecified atom stereocenters. The molecule has 0 saturated carbocycles. The Morgan fingerprint density at radius 2 is 0.827 bits per heavy atom. The number of nitrogens with zero attached hydrogens (tertiary/aromatic N) is 15. The van der Waals surface area contributed by atoms with Crippen molar-refractivity contribution in [1.29, 1.82) is 15.8 Å². The van der Waals surface area contributed by atoms with Gasteiger partial charge in [-0.2, -0.15) is 60.4 Å². The normalized spacial score (nSPS) is 18.3. The first-order chi connectivity index (χ1) is 52.1. The fraction of sp³-hybridized carbons (Fsp3) is 0.247. The summed E-state index contributed by atoms with van der Waals surface area (Å²) in [5, 5.41) is 32.4. The van der Waals surface area contributed by atoms with Crippen LogP contribution in [0.25, 0.3) is 22.5 Å². The summed E-state index contributed by atoms with van der Waals surface area (Å²) in [7, 11) is 11.0. The molecule has 10 amide bonds. The second-order valence-electron chi connectivity index (χ2n) is 26.4. The largest absolute Gasteiger partial charge is 0.444 e. The molecule has 6 aromatic carbocycles. The SMILES string of the molecule is CN1CCC2=C(C1=O)C(c1ccc(C#N)cc1-c1cnco1)N(C)C(=O)N2c1cccc(C(F)(F)F)c1.CN1CCC2=C(C1=O)C(c1ccc(C#N)cc1-c1cnn(C)c1)N(C)C(=O)N2c1cccc(C(F)(F)F)c1.CN1CCC2=C(C1=O)C(c1ccc(C#N)cc1C(N)=O)N(C)C(=O)N2c1cccc(C(F)(F)F)c1. The molecule has 8 aromatic rings. The van der Waals surface area contributed by atoms with Crippen molar-refractivity contribution in [2.45, 2.75) is 55.9 Å². The van der Waals surface area contributed by atoms with Gasteiger partial charge in [-0.05, 0) is 113 Å². The molecular weight excluding hydrogens is 1450 g/mol.